The standard InChI is InChI=1S/C32H28F6N6O/c1-19-20(5-8-26-27-14-24(31(33,34)35)6-3-21(27)16-41-29(26)39)13-23(17-40-19)30(45)42-25-7-4-22(28(15-25)32(36,37)38)18-44-11-9-43(2)10-12-44/h3-4,6-7,13-17H,9-12,18H2,1-2H3,(H2,39,41)(H,42,45). The second-order valence-electron chi connectivity index (χ2n) is 10.8. The number of anilines is 2. The van der Waals surface area contributed by atoms with Crippen LogP contribution in [0.4, 0.5) is 37.8 Å². The summed E-state index contributed by atoms with van der Waals surface area (Å²) in [6.45, 7) is 4.57. The second kappa shape index (κ2) is 12.4. The molecule has 1 aliphatic rings. The lowest BCUT2D eigenvalue weighted by molar-refractivity contribution is -0.138. The van der Waals surface area contributed by atoms with Crippen LogP contribution >= 0.6 is 0 Å². The molecule has 2 aromatic carbocycles. The van der Waals surface area contributed by atoms with E-state index in [0.29, 0.717) is 24.2 Å². The number of aryl methyl sites for hydroxylation is 1. The fraction of sp³-hybridized carbons (Fsp3) is 0.281. The molecule has 0 radical (unpaired) electrons. The summed E-state index contributed by atoms with van der Waals surface area (Å²) in [6, 6.07) is 8.26. The van der Waals surface area contributed by atoms with Crippen molar-refractivity contribution >= 4 is 28.2 Å². The summed E-state index contributed by atoms with van der Waals surface area (Å²) in [4.78, 5) is 25.3. The number of nitrogens with zero attached hydrogens (tertiary/aromatic N) is 4. The largest absolute Gasteiger partial charge is 0.416 e. The van der Waals surface area contributed by atoms with E-state index in [1.165, 1.54) is 36.7 Å². The lowest BCUT2D eigenvalue weighted by Crippen LogP contribution is -2.44. The Labute approximate surface area is 255 Å². The minimum atomic E-state index is -4.63. The number of likely N-dealkylation sites (N-methyl/N-ethyl adjacent to an activating group) is 1. The maximum absolute atomic E-state index is 14.0. The first-order chi connectivity index (χ1) is 21.2. The highest BCUT2D eigenvalue weighted by Crippen LogP contribution is 2.35. The number of nitrogens with one attached hydrogen (secondary N) is 1. The number of aromatic nitrogens is 2. The molecule has 234 valence electrons. The number of fused-ring (bicyclic) bond motifs is 1. The molecule has 0 bridgehead atoms. The molecule has 4 aromatic rings. The topological polar surface area (TPSA) is 87.4 Å². The molecule has 0 atom stereocenters. The van der Waals surface area contributed by atoms with E-state index < -0.39 is 29.4 Å². The minimum absolute atomic E-state index is 0.0170. The van der Waals surface area contributed by atoms with Gasteiger partial charge in [-0.2, -0.15) is 26.3 Å². The molecule has 13 heteroatoms. The van der Waals surface area contributed by atoms with Crippen LogP contribution in [0.2, 0.25) is 0 Å². The van der Waals surface area contributed by atoms with Crippen molar-refractivity contribution < 1.29 is 31.1 Å². The van der Waals surface area contributed by atoms with Gasteiger partial charge in [-0.1, -0.05) is 24.0 Å². The Balaban J connectivity index is 1.40. The van der Waals surface area contributed by atoms with Crippen LogP contribution in [-0.4, -0.2) is 58.9 Å². The van der Waals surface area contributed by atoms with Crippen molar-refractivity contribution in [3.63, 3.8) is 0 Å². The maximum Gasteiger partial charge on any atom is 0.416 e. The van der Waals surface area contributed by atoms with Crippen LogP contribution in [0.3, 0.4) is 0 Å². The Kier molecular flexibility index (Phi) is 8.73. The molecule has 1 saturated heterocycles. The number of hydrogen-bond acceptors (Lipinski definition) is 6. The fourth-order valence-corrected chi connectivity index (χ4v) is 4.95. The highest BCUT2D eigenvalue weighted by molar-refractivity contribution is 6.04. The third-order valence-electron chi connectivity index (χ3n) is 7.58. The van der Waals surface area contributed by atoms with Crippen molar-refractivity contribution in [2.75, 3.05) is 44.3 Å². The number of nitrogens with two attached hydrogens (primary N) is 1. The van der Waals surface area contributed by atoms with Crippen LogP contribution in [0.5, 0.6) is 0 Å². The number of rotatable bonds is 4. The van der Waals surface area contributed by atoms with Crippen LogP contribution in [0, 0.1) is 18.8 Å². The predicted molar refractivity (Wildman–Crippen MR) is 158 cm³/mol. The SMILES string of the molecule is Cc1ncc(C(=O)Nc2ccc(CN3CCN(C)CC3)c(C(F)(F)F)c2)cc1C#Cc1c(N)ncc2ccc(C(F)(F)F)cc12. The molecule has 45 heavy (non-hydrogen) atoms. The van der Waals surface area contributed by atoms with Crippen molar-refractivity contribution in [1.82, 2.24) is 19.8 Å². The summed E-state index contributed by atoms with van der Waals surface area (Å²) in [5.74, 6) is 4.78. The first-order valence-corrected chi connectivity index (χ1v) is 13.9. The molecule has 1 fully saturated rings. The van der Waals surface area contributed by atoms with Gasteiger partial charge < -0.3 is 16.0 Å². The van der Waals surface area contributed by atoms with Gasteiger partial charge in [0.1, 0.15) is 5.82 Å². The number of halogens is 6. The number of amides is 1. The first-order valence-electron chi connectivity index (χ1n) is 13.9. The van der Waals surface area contributed by atoms with Crippen LogP contribution in [-0.2, 0) is 18.9 Å². The Morgan fingerprint density at radius 2 is 1.67 bits per heavy atom. The smallest absolute Gasteiger partial charge is 0.383 e. The van der Waals surface area contributed by atoms with E-state index in [2.05, 4.69) is 32.0 Å². The summed E-state index contributed by atoms with van der Waals surface area (Å²) in [7, 11) is 1.96. The van der Waals surface area contributed by atoms with Gasteiger partial charge in [0.25, 0.3) is 5.91 Å². The van der Waals surface area contributed by atoms with E-state index in [4.69, 9.17) is 5.73 Å². The Hall–Kier alpha value is -4.67. The second-order valence-corrected chi connectivity index (χ2v) is 10.8. The predicted octanol–water partition coefficient (Wildman–Crippen LogP) is 5.96. The highest BCUT2D eigenvalue weighted by atomic mass is 19.4. The average Bonchev–Trinajstić information content (AvgIpc) is 2.98. The van der Waals surface area contributed by atoms with E-state index in [0.717, 1.165) is 31.3 Å². The van der Waals surface area contributed by atoms with Crippen LogP contribution in [0.15, 0.2) is 54.9 Å². The molecular weight excluding hydrogens is 598 g/mol. The van der Waals surface area contributed by atoms with Crippen molar-refractivity contribution in [3.8, 4) is 11.8 Å². The van der Waals surface area contributed by atoms with Crippen LogP contribution < -0.4 is 11.1 Å². The van der Waals surface area contributed by atoms with Crippen molar-refractivity contribution in [2.45, 2.75) is 25.8 Å². The van der Waals surface area contributed by atoms with E-state index >= 15 is 0 Å². The quantitative estimate of drug-likeness (QED) is 0.215. The number of alkyl halides is 6. The zero-order valence-electron chi connectivity index (χ0n) is 24.3. The molecule has 3 N–H and O–H groups in total. The molecule has 0 aliphatic carbocycles. The van der Waals surface area contributed by atoms with E-state index in [9.17, 15) is 31.1 Å². The summed E-state index contributed by atoms with van der Waals surface area (Å²) in [5.41, 5.74) is 5.10. The van der Waals surface area contributed by atoms with Gasteiger partial charge in [-0.05, 0) is 49.9 Å². The third-order valence-corrected chi connectivity index (χ3v) is 7.58. The van der Waals surface area contributed by atoms with Gasteiger partial charge in [-0.15, -0.1) is 0 Å². The lowest BCUT2D eigenvalue weighted by atomic mass is 10.0. The summed E-state index contributed by atoms with van der Waals surface area (Å²) in [6.07, 6.45) is -6.61. The summed E-state index contributed by atoms with van der Waals surface area (Å²) < 4.78 is 82.0. The van der Waals surface area contributed by atoms with Crippen LogP contribution in [0.25, 0.3) is 10.8 Å². The maximum atomic E-state index is 14.0. The van der Waals surface area contributed by atoms with Gasteiger partial charge in [0.15, 0.2) is 0 Å². The molecule has 3 heterocycles. The molecule has 7 nitrogen and oxygen atoms in total. The molecule has 1 aliphatic heterocycles. The lowest BCUT2D eigenvalue weighted by Gasteiger charge is -2.33. The number of benzene rings is 2. The number of carbonyl (C=O) groups is 1. The molecule has 0 spiro atoms. The van der Waals surface area contributed by atoms with E-state index in [-0.39, 0.29) is 45.7 Å². The summed E-state index contributed by atoms with van der Waals surface area (Å²) >= 11 is 0. The summed E-state index contributed by atoms with van der Waals surface area (Å²) in [5, 5.41) is 3.05. The molecular formula is C32H28F6N6O. The number of carbonyl (C=O) groups excluding carboxylic acids is 1. The van der Waals surface area contributed by atoms with E-state index in [1.807, 2.05) is 11.9 Å². The first kappa shape index (κ1) is 31.7. The van der Waals surface area contributed by atoms with Gasteiger partial charge in [-0.3, -0.25) is 14.7 Å². The van der Waals surface area contributed by atoms with Gasteiger partial charge >= 0.3 is 12.4 Å². The number of pyridine rings is 2. The Morgan fingerprint density at radius 3 is 2.36 bits per heavy atom. The Bertz CT molecular complexity index is 1820. The molecule has 5 rings (SSSR count). The molecule has 0 unspecified atom stereocenters. The number of hydrogen-bond donors (Lipinski definition) is 2. The Morgan fingerprint density at radius 1 is 0.933 bits per heavy atom. The zero-order valence-corrected chi connectivity index (χ0v) is 24.3. The van der Waals surface area contributed by atoms with E-state index in [1.54, 1.807) is 6.92 Å². The van der Waals surface area contributed by atoms with Crippen molar-refractivity contribution in [2.24, 2.45) is 0 Å². The van der Waals surface area contributed by atoms with Gasteiger partial charge in [0, 0.05) is 67.1 Å². The van der Waals surface area contributed by atoms with Crippen molar-refractivity contribution in [3.05, 3.63) is 93.9 Å². The number of nitrogen functional groups attached to an aromatic ring is 1. The fourth-order valence-electron chi connectivity index (χ4n) is 4.95. The normalized spacial score (nSPS) is 14.7. The monoisotopic (exact) mass is 626 g/mol. The van der Waals surface area contributed by atoms with Gasteiger partial charge in [-0.25, -0.2) is 4.98 Å². The highest BCUT2D eigenvalue weighted by Gasteiger charge is 2.34. The average molecular weight is 627 g/mol. The van der Waals surface area contributed by atoms with Crippen molar-refractivity contribution in [1.29, 1.82) is 0 Å². The third kappa shape index (κ3) is 7.35. The number of piperazine rings is 1. The van der Waals surface area contributed by atoms with Crippen LogP contribution in [0.1, 0.15) is 43.9 Å². The zero-order chi connectivity index (χ0) is 32.5. The van der Waals surface area contributed by atoms with Gasteiger partial charge in [0.2, 0.25) is 0 Å². The minimum Gasteiger partial charge on any atom is -0.383 e. The van der Waals surface area contributed by atoms with Gasteiger partial charge in [0.05, 0.1) is 27.9 Å². The molecule has 0 saturated carbocycles. The molecule has 1 amide bonds. The molecule has 2 aromatic heterocycles.